The Morgan fingerprint density at radius 3 is 2.70 bits per heavy atom. The van der Waals surface area contributed by atoms with Gasteiger partial charge in [-0.25, -0.2) is 8.42 Å². The van der Waals surface area contributed by atoms with Crippen LogP contribution in [0.5, 0.6) is 5.75 Å². The van der Waals surface area contributed by atoms with Gasteiger partial charge in [0, 0.05) is 23.5 Å². The average Bonchev–Trinajstić information content (AvgIpc) is 3.17. The van der Waals surface area contributed by atoms with Crippen molar-refractivity contribution in [1.29, 1.82) is 0 Å². The minimum absolute atomic E-state index is 0.183. The highest BCUT2D eigenvalue weighted by atomic mass is 32.2. The van der Waals surface area contributed by atoms with Crippen molar-refractivity contribution >= 4 is 27.0 Å². The molecule has 1 fully saturated rings. The number of pyridine rings is 1. The van der Waals surface area contributed by atoms with Crippen molar-refractivity contribution in [2.24, 2.45) is 0 Å². The molecule has 5 nitrogen and oxygen atoms in total. The monoisotopic (exact) mass is 380 g/mol. The highest BCUT2D eigenvalue weighted by molar-refractivity contribution is 7.92. The Kier molecular flexibility index (Phi) is 4.92. The summed E-state index contributed by atoms with van der Waals surface area (Å²) in [5.41, 5.74) is 1.65. The molecule has 1 aromatic heterocycles. The molecule has 2 aromatic carbocycles. The molecule has 0 N–H and O–H groups in total. The Morgan fingerprint density at radius 2 is 1.85 bits per heavy atom. The number of fused-ring (bicyclic) bond motifs is 1. The Labute approximate surface area is 159 Å². The third-order valence-electron chi connectivity index (χ3n) is 4.59. The van der Waals surface area contributed by atoms with Gasteiger partial charge in [0.2, 0.25) is 10.0 Å². The van der Waals surface area contributed by atoms with E-state index in [1.165, 1.54) is 9.71 Å². The maximum absolute atomic E-state index is 12.6. The van der Waals surface area contributed by atoms with Gasteiger partial charge in [0.05, 0.1) is 6.54 Å². The molecule has 27 heavy (non-hydrogen) atoms. The van der Waals surface area contributed by atoms with Crippen LogP contribution in [0.4, 0.5) is 0 Å². The summed E-state index contributed by atoms with van der Waals surface area (Å²) in [6.07, 6.45) is 3.83. The van der Waals surface area contributed by atoms with Gasteiger partial charge < -0.3 is 4.74 Å². The van der Waals surface area contributed by atoms with E-state index in [2.05, 4.69) is 4.98 Å². The van der Waals surface area contributed by atoms with Crippen LogP contribution >= 0.6 is 0 Å². The van der Waals surface area contributed by atoms with E-state index >= 15 is 0 Å². The van der Waals surface area contributed by atoms with Crippen molar-refractivity contribution in [2.45, 2.75) is 12.5 Å². The smallest absolute Gasteiger partial charge is 0.236 e. The third kappa shape index (κ3) is 4.02. The maximum atomic E-state index is 12.6. The summed E-state index contributed by atoms with van der Waals surface area (Å²) in [6, 6.07) is 19.0. The molecule has 0 spiro atoms. The van der Waals surface area contributed by atoms with Crippen molar-refractivity contribution < 1.29 is 13.2 Å². The summed E-state index contributed by atoms with van der Waals surface area (Å²) < 4.78 is 32.7. The van der Waals surface area contributed by atoms with E-state index in [1.807, 2.05) is 60.7 Å². The lowest BCUT2D eigenvalue weighted by molar-refractivity contribution is 0.218. The number of aromatic nitrogens is 1. The molecule has 0 aliphatic carbocycles. The van der Waals surface area contributed by atoms with Crippen LogP contribution in [-0.4, -0.2) is 36.9 Å². The second-order valence-electron chi connectivity index (χ2n) is 6.48. The minimum Gasteiger partial charge on any atom is -0.487 e. The van der Waals surface area contributed by atoms with Crippen LogP contribution in [0.15, 0.2) is 72.3 Å². The summed E-state index contributed by atoms with van der Waals surface area (Å²) in [4.78, 5) is 4.39. The maximum Gasteiger partial charge on any atom is 0.236 e. The zero-order chi connectivity index (χ0) is 18.7. The van der Waals surface area contributed by atoms with Crippen molar-refractivity contribution in [3.8, 4) is 5.75 Å². The highest BCUT2D eigenvalue weighted by Crippen LogP contribution is 2.27. The quantitative estimate of drug-likeness (QED) is 0.677. The number of ether oxygens (including phenoxy) is 1. The number of hydrogen-bond acceptors (Lipinski definition) is 4. The van der Waals surface area contributed by atoms with Gasteiger partial charge in [-0.3, -0.25) is 4.98 Å². The van der Waals surface area contributed by atoms with E-state index in [1.54, 1.807) is 12.3 Å². The number of hydrogen-bond donors (Lipinski definition) is 0. The van der Waals surface area contributed by atoms with Gasteiger partial charge in [0.15, 0.2) is 0 Å². The minimum atomic E-state index is -3.47. The van der Waals surface area contributed by atoms with E-state index in [0.717, 1.165) is 16.5 Å². The molecular weight excluding hydrogens is 360 g/mol. The molecule has 1 aliphatic rings. The number of benzene rings is 2. The SMILES string of the molecule is O=S(=O)(/C=C/c1ccccc1)N1CCC(Oc2cccc3cccnc23)C1. The lowest BCUT2D eigenvalue weighted by Crippen LogP contribution is -2.29. The first kappa shape index (κ1) is 17.7. The van der Waals surface area contributed by atoms with Gasteiger partial charge in [-0.1, -0.05) is 48.5 Å². The summed E-state index contributed by atoms with van der Waals surface area (Å²) in [6.45, 7) is 0.787. The first-order valence-electron chi connectivity index (χ1n) is 8.85. The third-order valence-corrected chi connectivity index (χ3v) is 6.12. The number of para-hydroxylation sites is 1. The lowest BCUT2D eigenvalue weighted by Gasteiger charge is -2.16. The van der Waals surface area contributed by atoms with E-state index < -0.39 is 10.0 Å². The first-order chi connectivity index (χ1) is 13.1. The Bertz CT molecular complexity index is 1060. The van der Waals surface area contributed by atoms with Crippen molar-refractivity contribution in [3.05, 3.63) is 77.8 Å². The molecule has 0 bridgehead atoms. The summed E-state index contributed by atoms with van der Waals surface area (Å²) in [7, 11) is -3.47. The first-order valence-corrected chi connectivity index (χ1v) is 10.4. The van der Waals surface area contributed by atoms with E-state index in [0.29, 0.717) is 25.3 Å². The van der Waals surface area contributed by atoms with Gasteiger partial charge in [-0.05, 0) is 30.2 Å². The Hall–Kier alpha value is -2.70. The van der Waals surface area contributed by atoms with Gasteiger partial charge in [-0.2, -0.15) is 4.31 Å². The Morgan fingerprint density at radius 1 is 1.04 bits per heavy atom. The van der Waals surface area contributed by atoms with Crippen LogP contribution in [-0.2, 0) is 10.0 Å². The van der Waals surface area contributed by atoms with Gasteiger partial charge >= 0.3 is 0 Å². The molecule has 2 heterocycles. The summed E-state index contributed by atoms with van der Waals surface area (Å²) in [5.74, 6) is 0.692. The predicted octanol–water partition coefficient (Wildman–Crippen LogP) is 3.69. The van der Waals surface area contributed by atoms with Gasteiger partial charge in [0.25, 0.3) is 0 Å². The molecule has 3 aromatic rings. The topological polar surface area (TPSA) is 59.5 Å². The number of rotatable bonds is 5. The van der Waals surface area contributed by atoms with E-state index in [4.69, 9.17) is 4.74 Å². The van der Waals surface area contributed by atoms with Crippen LogP contribution in [0.25, 0.3) is 17.0 Å². The predicted molar refractivity (Wildman–Crippen MR) is 107 cm³/mol. The molecule has 4 rings (SSSR count). The van der Waals surface area contributed by atoms with Gasteiger partial charge in [0.1, 0.15) is 17.4 Å². The van der Waals surface area contributed by atoms with Crippen LogP contribution in [0.3, 0.4) is 0 Å². The van der Waals surface area contributed by atoms with Crippen LogP contribution in [0.1, 0.15) is 12.0 Å². The summed E-state index contributed by atoms with van der Waals surface area (Å²) in [5, 5.41) is 2.27. The van der Waals surface area contributed by atoms with Crippen molar-refractivity contribution in [3.63, 3.8) is 0 Å². The largest absolute Gasteiger partial charge is 0.487 e. The van der Waals surface area contributed by atoms with Crippen LogP contribution in [0, 0.1) is 0 Å². The van der Waals surface area contributed by atoms with Crippen molar-refractivity contribution in [2.75, 3.05) is 13.1 Å². The molecule has 6 heteroatoms. The number of nitrogens with zero attached hydrogens (tertiary/aromatic N) is 2. The molecule has 0 saturated carbocycles. The zero-order valence-corrected chi connectivity index (χ0v) is 15.5. The lowest BCUT2D eigenvalue weighted by atomic mass is 10.2. The molecule has 1 atom stereocenters. The molecule has 138 valence electrons. The molecule has 0 amide bonds. The standard InChI is InChI=1S/C21H20N2O3S/c24-27(25,15-12-17-6-2-1-3-7-17)23-14-11-19(16-23)26-20-10-4-8-18-9-5-13-22-21(18)20/h1-10,12-13,15,19H,11,14,16H2/b15-12+. The Balaban J connectivity index is 1.46. The zero-order valence-electron chi connectivity index (χ0n) is 14.7. The van der Waals surface area contributed by atoms with Crippen LogP contribution in [0.2, 0.25) is 0 Å². The summed E-state index contributed by atoms with van der Waals surface area (Å²) >= 11 is 0. The fourth-order valence-electron chi connectivity index (χ4n) is 3.19. The van der Waals surface area contributed by atoms with Gasteiger partial charge in [-0.15, -0.1) is 0 Å². The second-order valence-corrected chi connectivity index (χ2v) is 8.29. The molecule has 0 radical (unpaired) electrons. The highest BCUT2D eigenvalue weighted by Gasteiger charge is 2.31. The normalized spacial score (nSPS) is 18.3. The fraction of sp³-hybridized carbons (Fsp3) is 0.190. The number of sulfonamides is 1. The molecule has 1 aliphatic heterocycles. The molecule has 1 unspecified atom stereocenters. The van der Waals surface area contributed by atoms with Crippen molar-refractivity contribution in [1.82, 2.24) is 9.29 Å². The molecule has 1 saturated heterocycles. The van der Waals surface area contributed by atoms with E-state index in [9.17, 15) is 8.42 Å². The van der Waals surface area contributed by atoms with E-state index in [-0.39, 0.29) is 6.10 Å². The molecular formula is C21H20N2O3S. The fourth-order valence-corrected chi connectivity index (χ4v) is 4.43. The average molecular weight is 380 g/mol. The second kappa shape index (κ2) is 7.50. The van der Waals surface area contributed by atoms with Crippen LogP contribution < -0.4 is 4.74 Å².